The van der Waals surface area contributed by atoms with E-state index in [0.717, 1.165) is 0 Å². The summed E-state index contributed by atoms with van der Waals surface area (Å²) in [7, 11) is 0. The number of aromatic nitrogens is 2. The second-order valence-corrected chi connectivity index (χ2v) is 5.21. The molecule has 0 spiro atoms. The minimum atomic E-state index is -0.802. The lowest BCUT2D eigenvalue weighted by Gasteiger charge is -2.29. The number of piperidine rings is 1. The van der Waals surface area contributed by atoms with E-state index in [9.17, 15) is 9.59 Å². The summed E-state index contributed by atoms with van der Waals surface area (Å²) in [6, 6.07) is 3.50. The Morgan fingerprint density at radius 2 is 2.13 bits per heavy atom. The van der Waals surface area contributed by atoms with Crippen molar-refractivity contribution in [3.63, 3.8) is 0 Å². The third kappa shape index (κ3) is 3.25. The van der Waals surface area contributed by atoms with Gasteiger partial charge in [0.05, 0.1) is 12.9 Å². The summed E-state index contributed by atoms with van der Waals surface area (Å²) in [5.41, 5.74) is 0. The lowest BCUT2D eigenvalue weighted by molar-refractivity contribution is -0.160. The Hall–Kier alpha value is -2.64. The van der Waals surface area contributed by atoms with Gasteiger partial charge in [-0.2, -0.15) is 0 Å². The number of hydrogen-bond donors (Lipinski definition) is 0. The minimum absolute atomic E-state index is 0.0671. The van der Waals surface area contributed by atoms with Crippen LogP contribution in [-0.2, 0) is 14.3 Å². The maximum Gasteiger partial charge on any atom is 0.397 e. The molecule has 0 saturated carbocycles. The Balaban J connectivity index is 1.59. The van der Waals surface area contributed by atoms with Crippen molar-refractivity contribution in [2.45, 2.75) is 25.7 Å². The maximum atomic E-state index is 11.9. The molecular weight excluding hydrogens is 302 g/mol. The number of ether oxygens (including phenoxy) is 1. The number of amides is 1. The van der Waals surface area contributed by atoms with Crippen molar-refractivity contribution in [2.24, 2.45) is 0 Å². The summed E-state index contributed by atoms with van der Waals surface area (Å²) in [5, 5.41) is 8.03. The van der Waals surface area contributed by atoms with E-state index >= 15 is 0 Å². The highest BCUT2D eigenvalue weighted by molar-refractivity contribution is 6.32. The number of rotatable bonds is 3. The molecule has 8 nitrogen and oxygen atoms in total. The fraction of sp³-hybridized carbons (Fsp3) is 0.467. The van der Waals surface area contributed by atoms with Crippen molar-refractivity contribution in [1.29, 1.82) is 0 Å². The van der Waals surface area contributed by atoms with Crippen molar-refractivity contribution >= 4 is 11.9 Å². The molecule has 23 heavy (non-hydrogen) atoms. The monoisotopic (exact) mass is 319 g/mol. The first-order chi connectivity index (χ1) is 11.2. The van der Waals surface area contributed by atoms with E-state index in [4.69, 9.17) is 13.6 Å². The van der Waals surface area contributed by atoms with Crippen molar-refractivity contribution in [2.75, 3.05) is 19.7 Å². The number of hydrogen-bond acceptors (Lipinski definition) is 7. The Morgan fingerprint density at radius 3 is 2.78 bits per heavy atom. The smallest absolute Gasteiger partial charge is 0.397 e. The fourth-order valence-electron chi connectivity index (χ4n) is 2.55. The van der Waals surface area contributed by atoms with Gasteiger partial charge in [-0.3, -0.25) is 4.79 Å². The second-order valence-electron chi connectivity index (χ2n) is 5.21. The van der Waals surface area contributed by atoms with Gasteiger partial charge in [-0.15, -0.1) is 10.2 Å². The number of likely N-dealkylation sites (tertiary alicyclic amines) is 1. The Kier molecular flexibility index (Phi) is 4.40. The zero-order valence-electron chi connectivity index (χ0n) is 12.7. The van der Waals surface area contributed by atoms with Gasteiger partial charge < -0.3 is 18.5 Å². The van der Waals surface area contributed by atoms with Crippen molar-refractivity contribution in [3.8, 4) is 11.7 Å². The molecule has 1 saturated heterocycles. The van der Waals surface area contributed by atoms with Crippen LogP contribution in [0.4, 0.5) is 0 Å². The zero-order valence-corrected chi connectivity index (χ0v) is 12.7. The Morgan fingerprint density at radius 1 is 1.35 bits per heavy atom. The summed E-state index contributed by atoms with van der Waals surface area (Å²) in [5.74, 6) is 0.0711. The fourth-order valence-corrected chi connectivity index (χ4v) is 2.55. The Bertz CT molecular complexity index is 671. The molecule has 1 aliphatic rings. The molecule has 2 aromatic heterocycles. The first-order valence-electron chi connectivity index (χ1n) is 7.52. The first-order valence-corrected chi connectivity index (χ1v) is 7.52. The molecule has 0 aromatic carbocycles. The largest absolute Gasteiger partial charge is 0.459 e. The molecule has 0 unspecified atom stereocenters. The molecule has 0 aliphatic carbocycles. The highest BCUT2D eigenvalue weighted by Gasteiger charge is 2.30. The average Bonchev–Trinajstić information content (AvgIpc) is 3.25. The van der Waals surface area contributed by atoms with Gasteiger partial charge in [0.25, 0.3) is 5.89 Å². The van der Waals surface area contributed by atoms with Crippen LogP contribution in [0.3, 0.4) is 0 Å². The molecule has 0 atom stereocenters. The van der Waals surface area contributed by atoms with E-state index in [0.29, 0.717) is 43.5 Å². The topological polar surface area (TPSA) is 98.7 Å². The molecule has 2 aromatic rings. The molecule has 1 fully saturated rings. The molecule has 0 bridgehead atoms. The van der Waals surface area contributed by atoms with Gasteiger partial charge in [0.15, 0.2) is 5.76 Å². The number of esters is 1. The van der Waals surface area contributed by atoms with Crippen LogP contribution in [0.1, 0.15) is 31.6 Å². The number of carbonyl (C=O) groups is 2. The van der Waals surface area contributed by atoms with Crippen LogP contribution in [0.2, 0.25) is 0 Å². The standard InChI is InChI=1S/C15H17N3O5/c1-2-21-15(20)14(19)18-7-5-10(6-8-18)12-16-17-13(23-12)11-4-3-9-22-11/h3-4,9-10H,2,5-8H2,1H3. The van der Waals surface area contributed by atoms with Gasteiger partial charge in [-0.05, 0) is 31.9 Å². The van der Waals surface area contributed by atoms with Crippen LogP contribution < -0.4 is 0 Å². The molecule has 8 heteroatoms. The summed E-state index contributed by atoms with van der Waals surface area (Å²) in [4.78, 5) is 24.8. The van der Waals surface area contributed by atoms with Crippen molar-refractivity contribution < 1.29 is 23.2 Å². The third-order valence-electron chi connectivity index (χ3n) is 3.75. The van der Waals surface area contributed by atoms with Crippen LogP contribution in [-0.4, -0.2) is 46.7 Å². The van der Waals surface area contributed by atoms with E-state index in [-0.39, 0.29) is 12.5 Å². The molecule has 3 rings (SSSR count). The first kappa shape index (κ1) is 15.3. The zero-order chi connectivity index (χ0) is 16.2. The second kappa shape index (κ2) is 6.64. The predicted octanol–water partition coefficient (Wildman–Crippen LogP) is 1.60. The van der Waals surface area contributed by atoms with Crippen LogP contribution in [0, 0.1) is 0 Å². The molecule has 3 heterocycles. The van der Waals surface area contributed by atoms with E-state index < -0.39 is 11.9 Å². The lowest BCUT2D eigenvalue weighted by atomic mass is 9.97. The summed E-state index contributed by atoms with van der Waals surface area (Å²) in [6.45, 7) is 2.78. The normalized spacial score (nSPS) is 15.6. The van der Waals surface area contributed by atoms with Crippen molar-refractivity contribution in [3.05, 3.63) is 24.3 Å². The number of nitrogens with zero attached hydrogens (tertiary/aromatic N) is 3. The van der Waals surface area contributed by atoms with Crippen LogP contribution in [0.5, 0.6) is 0 Å². The molecule has 122 valence electrons. The predicted molar refractivity (Wildman–Crippen MR) is 77.2 cm³/mol. The lowest BCUT2D eigenvalue weighted by Crippen LogP contribution is -2.42. The van der Waals surface area contributed by atoms with Crippen LogP contribution >= 0.6 is 0 Å². The van der Waals surface area contributed by atoms with E-state index in [1.807, 2.05) is 0 Å². The van der Waals surface area contributed by atoms with Gasteiger partial charge >= 0.3 is 11.9 Å². The van der Waals surface area contributed by atoms with Gasteiger partial charge in [-0.1, -0.05) is 0 Å². The average molecular weight is 319 g/mol. The minimum Gasteiger partial charge on any atom is -0.459 e. The SMILES string of the molecule is CCOC(=O)C(=O)N1CCC(c2nnc(-c3ccco3)o2)CC1. The molecular formula is C15H17N3O5. The quantitative estimate of drug-likeness (QED) is 0.626. The van der Waals surface area contributed by atoms with E-state index in [1.165, 1.54) is 4.90 Å². The van der Waals surface area contributed by atoms with Gasteiger partial charge in [0, 0.05) is 19.0 Å². The molecule has 1 amide bonds. The third-order valence-corrected chi connectivity index (χ3v) is 3.75. The van der Waals surface area contributed by atoms with Crippen molar-refractivity contribution in [1.82, 2.24) is 15.1 Å². The Labute approximate surface area is 132 Å². The molecule has 1 aliphatic heterocycles. The summed E-state index contributed by atoms with van der Waals surface area (Å²) < 4.78 is 15.6. The summed E-state index contributed by atoms with van der Waals surface area (Å²) >= 11 is 0. The van der Waals surface area contributed by atoms with E-state index in [2.05, 4.69) is 10.2 Å². The summed E-state index contributed by atoms with van der Waals surface area (Å²) in [6.07, 6.45) is 2.86. The van der Waals surface area contributed by atoms with Gasteiger partial charge in [0.1, 0.15) is 0 Å². The number of furan rings is 1. The highest BCUT2D eigenvalue weighted by atomic mass is 16.5. The van der Waals surface area contributed by atoms with Gasteiger partial charge in [0.2, 0.25) is 5.89 Å². The molecule has 0 radical (unpaired) electrons. The number of carbonyl (C=O) groups excluding carboxylic acids is 2. The van der Waals surface area contributed by atoms with E-state index in [1.54, 1.807) is 25.3 Å². The van der Waals surface area contributed by atoms with Crippen LogP contribution in [0.25, 0.3) is 11.7 Å². The highest BCUT2D eigenvalue weighted by Crippen LogP contribution is 2.29. The maximum absolute atomic E-state index is 11.9. The van der Waals surface area contributed by atoms with Gasteiger partial charge in [-0.25, -0.2) is 4.79 Å². The van der Waals surface area contributed by atoms with Crippen LogP contribution in [0.15, 0.2) is 27.2 Å². The molecule has 0 N–H and O–H groups in total.